The molecule has 0 heterocycles. The van der Waals surface area contributed by atoms with E-state index in [9.17, 15) is 0 Å². The maximum absolute atomic E-state index is 5.71. The molecule has 0 rings (SSSR count). The largest absolute Gasteiger partial charge is 0.127 e. The first kappa shape index (κ1) is 6.51. The SMILES string of the molecule is CCC(Cl)[SiH2]C. The molecular formula is C4H11ClSi. The van der Waals surface area contributed by atoms with Gasteiger partial charge in [0.15, 0.2) is 0 Å². The first-order valence-electron chi connectivity index (χ1n) is 2.45. The molecule has 0 aromatic rings. The third kappa shape index (κ3) is 2.73. The second kappa shape index (κ2) is 3.69. The molecule has 0 radical (unpaired) electrons. The molecule has 2 heteroatoms. The fraction of sp³-hybridized carbons (Fsp3) is 1.00. The second-order valence-corrected chi connectivity index (χ2v) is 4.35. The van der Waals surface area contributed by atoms with Crippen molar-refractivity contribution in [1.82, 2.24) is 0 Å². The highest BCUT2D eigenvalue weighted by atomic mass is 35.5. The molecule has 0 N–H and O–H groups in total. The van der Waals surface area contributed by atoms with Crippen molar-refractivity contribution in [2.24, 2.45) is 0 Å². The number of hydrogen-bond donors (Lipinski definition) is 0. The van der Waals surface area contributed by atoms with Gasteiger partial charge in [-0.05, 0) is 6.42 Å². The molecule has 38 valence electrons. The van der Waals surface area contributed by atoms with E-state index >= 15 is 0 Å². The van der Waals surface area contributed by atoms with Crippen molar-refractivity contribution in [1.29, 1.82) is 0 Å². The molecule has 0 saturated heterocycles. The fourth-order valence-electron chi connectivity index (χ4n) is 0.289. The number of hydrogen-bond acceptors (Lipinski definition) is 0. The predicted molar refractivity (Wildman–Crippen MR) is 34.3 cm³/mol. The van der Waals surface area contributed by atoms with E-state index in [0.29, 0.717) is 5.00 Å². The van der Waals surface area contributed by atoms with Gasteiger partial charge in [0.1, 0.15) is 0 Å². The van der Waals surface area contributed by atoms with Crippen LogP contribution in [0.2, 0.25) is 6.55 Å². The Hall–Kier alpha value is 0.507. The summed E-state index contributed by atoms with van der Waals surface area (Å²) in [4.78, 5) is 0. The molecule has 6 heavy (non-hydrogen) atoms. The number of rotatable bonds is 2. The van der Waals surface area contributed by atoms with E-state index in [1.165, 1.54) is 0 Å². The van der Waals surface area contributed by atoms with E-state index < -0.39 is 0 Å². The summed E-state index contributed by atoms with van der Waals surface area (Å²) in [6, 6.07) is 0. The molecule has 0 spiro atoms. The lowest BCUT2D eigenvalue weighted by Gasteiger charge is -1.95. The van der Waals surface area contributed by atoms with Crippen LogP contribution in [0.25, 0.3) is 0 Å². The van der Waals surface area contributed by atoms with E-state index in [2.05, 4.69) is 13.5 Å². The van der Waals surface area contributed by atoms with Crippen LogP contribution in [-0.2, 0) is 0 Å². The minimum absolute atomic E-state index is 0.104. The molecule has 0 aliphatic heterocycles. The van der Waals surface area contributed by atoms with Gasteiger partial charge < -0.3 is 0 Å². The molecule has 0 aromatic carbocycles. The molecule has 0 aromatic heterocycles. The lowest BCUT2D eigenvalue weighted by atomic mass is 10.6. The predicted octanol–water partition coefficient (Wildman–Crippen LogP) is 1.18. The van der Waals surface area contributed by atoms with Crippen molar-refractivity contribution in [2.45, 2.75) is 24.9 Å². The lowest BCUT2D eigenvalue weighted by molar-refractivity contribution is 1.03. The molecular weight excluding hydrogens is 112 g/mol. The molecule has 0 fully saturated rings. The average Bonchev–Trinajstić information content (AvgIpc) is 1.65. The number of alkyl halides is 1. The lowest BCUT2D eigenvalue weighted by Crippen LogP contribution is -2.01. The smallest absolute Gasteiger partial charge is 0.0387 e. The number of halogens is 1. The van der Waals surface area contributed by atoms with Gasteiger partial charge in [0.2, 0.25) is 0 Å². The van der Waals surface area contributed by atoms with E-state index in [4.69, 9.17) is 11.6 Å². The van der Waals surface area contributed by atoms with Crippen molar-refractivity contribution in [3.05, 3.63) is 0 Å². The Balaban J connectivity index is 2.75. The van der Waals surface area contributed by atoms with Crippen molar-refractivity contribution in [2.75, 3.05) is 0 Å². The Labute approximate surface area is 46.7 Å². The standard InChI is InChI=1S/C4H11ClSi/c1-3-4(5)6-2/h4H,3,6H2,1-2H3. The fourth-order valence-corrected chi connectivity index (χ4v) is 0.866. The summed E-state index contributed by atoms with van der Waals surface area (Å²) < 4.78 is 0. The molecule has 0 bridgehead atoms. The maximum Gasteiger partial charge on any atom is 0.0387 e. The van der Waals surface area contributed by atoms with Gasteiger partial charge in [-0.15, -0.1) is 11.6 Å². The molecule has 1 unspecified atom stereocenters. The summed E-state index contributed by atoms with van der Waals surface area (Å²) in [6.07, 6.45) is 1.16. The highest BCUT2D eigenvalue weighted by Crippen LogP contribution is 1.95. The third-order valence-electron chi connectivity index (χ3n) is 0.886. The normalized spacial score (nSPS) is 16.5. The van der Waals surface area contributed by atoms with Crippen LogP contribution in [0.3, 0.4) is 0 Å². The van der Waals surface area contributed by atoms with Crippen molar-refractivity contribution in [3.63, 3.8) is 0 Å². The first-order chi connectivity index (χ1) is 2.81. The van der Waals surface area contributed by atoms with Gasteiger partial charge in [-0.3, -0.25) is 0 Å². The monoisotopic (exact) mass is 122 g/mol. The topological polar surface area (TPSA) is 0 Å². The summed E-state index contributed by atoms with van der Waals surface area (Å²) in [5, 5.41) is 0.546. The third-order valence-corrected chi connectivity index (χ3v) is 3.58. The van der Waals surface area contributed by atoms with Gasteiger partial charge in [-0.25, -0.2) is 0 Å². The second-order valence-electron chi connectivity index (χ2n) is 1.41. The highest BCUT2D eigenvalue weighted by Gasteiger charge is 1.92. The van der Waals surface area contributed by atoms with E-state index in [1.54, 1.807) is 0 Å². The average molecular weight is 123 g/mol. The first-order valence-corrected chi connectivity index (χ1v) is 5.12. The van der Waals surface area contributed by atoms with Crippen LogP contribution >= 0.6 is 11.6 Å². The van der Waals surface area contributed by atoms with Gasteiger partial charge in [0.05, 0.1) is 0 Å². The van der Waals surface area contributed by atoms with E-state index in [1.807, 2.05) is 0 Å². The Morgan fingerprint density at radius 1 is 1.83 bits per heavy atom. The van der Waals surface area contributed by atoms with E-state index in [0.717, 1.165) is 6.42 Å². The van der Waals surface area contributed by atoms with Crippen LogP contribution in [-0.4, -0.2) is 14.5 Å². The molecule has 0 saturated carbocycles. The Bertz CT molecular complexity index is 26.7. The minimum Gasteiger partial charge on any atom is -0.127 e. The summed E-state index contributed by atoms with van der Waals surface area (Å²) >= 11 is 5.71. The van der Waals surface area contributed by atoms with Crippen LogP contribution < -0.4 is 0 Å². The van der Waals surface area contributed by atoms with Gasteiger partial charge in [-0.2, -0.15) is 0 Å². The van der Waals surface area contributed by atoms with E-state index in [-0.39, 0.29) is 9.52 Å². The van der Waals surface area contributed by atoms with Crippen LogP contribution in [0.1, 0.15) is 13.3 Å². The summed E-state index contributed by atoms with van der Waals surface area (Å²) in [7, 11) is 0.104. The van der Waals surface area contributed by atoms with Crippen molar-refractivity contribution >= 4 is 21.1 Å². The van der Waals surface area contributed by atoms with Crippen molar-refractivity contribution in [3.8, 4) is 0 Å². The van der Waals surface area contributed by atoms with Gasteiger partial charge in [0, 0.05) is 14.5 Å². The van der Waals surface area contributed by atoms with Gasteiger partial charge in [-0.1, -0.05) is 13.5 Å². The van der Waals surface area contributed by atoms with Crippen LogP contribution in [0.5, 0.6) is 0 Å². The molecule has 0 aliphatic rings. The summed E-state index contributed by atoms with van der Waals surface area (Å²) in [6.45, 7) is 4.37. The molecule has 0 aliphatic carbocycles. The van der Waals surface area contributed by atoms with Gasteiger partial charge >= 0.3 is 0 Å². The Morgan fingerprint density at radius 3 is 2.33 bits per heavy atom. The molecule has 1 atom stereocenters. The molecule has 0 amide bonds. The van der Waals surface area contributed by atoms with Crippen LogP contribution in [0.15, 0.2) is 0 Å². The minimum atomic E-state index is 0.104. The summed E-state index contributed by atoms with van der Waals surface area (Å²) in [5.41, 5.74) is 0. The van der Waals surface area contributed by atoms with Gasteiger partial charge in [0.25, 0.3) is 0 Å². The highest BCUT2D eigenvalue weighted by molar-refractivity contribution is 6.52. The summed E-state index contributed by atoms with van der Waals surface area (Å²) in [5.74, 6) is 0. The Kier molecular flexibility index (Phi) is 4.00. The zero-order valence-corrected chi connectivity index (χ0v) is 6.54. The zero-order valence-electron chi connectivity index (χ0n) is 4.37. The molecule has 0 nitrogen and oxygen atoms in total. The Morgan fingerprint density at radius 2 is 2.33 bits per heavy atom. The maximum atomic E-state index is 5.71. The van der Waals surface area contributed by atoms with Crippen LogP contribution in [0.4, 0.5) is 0 Å². The quantitative estimate of drug-likeness (QED) is 0.381. The zero-order chi connectivity index (χ0) is 4.99. The van der Waals surface area contributed by atoms with Crippen LogP contribution in [0, 0.1) is 0 Å². The van der Waals surface area contributed by atoms with Crippen molar-refractivity contribution < 1.29 is 0 Å².